The average molecular weight is 441 g/mol. The summed E-state index contributed by atoms with van der Waals surface area (Å²) < 4.78 is 1.03. The van der Waals surface area contributed by atoms with Crippen molar-refractivity contribution in [3.63, 3.8) is 0 Å². The lowest BCUT2D eigenvalue weighted by Gasteiger charge is -2.38. The largest absolute Gasteiger partial charge is 0.326 e. The predicted octanol–water partition coefficient (Wildman–Crippen LogP) is 4.34. The molecule has 0 saturated heterocycles. The molecule has 0 spiro atoms. The first kappa shape index (κ1) is 19.2. The lowest BCUT2D eigenvalue weighted by atomic mass is 9.92. The number of nitrogens with zero attached hydrogens (tertiary/aromatic N) is 2. The molecule has 146 valence electrons. The van der Waals surface area contributed by atoms with E-state index in [4.69, 9.17) is 0 Å². The number of carbonyl (C=O) groups excluding carboxylic acids is 2. The highest BCUT2D eigenvalue weighted by Gasteiger charge is 2.38. The molecule has 1 unspecified atom stereocenters. The zero-order valence-electron chi connectivity index (χ0n) is 16.3. The molecule has 0 aliphatic carbocycles. The van der Waals surface area contributed by atoms with Crippen molar-refractivity contribution in [1.29, 1.82) is 0 Å². The van der Waals surface area contributed by atoms with E-state index in [0.717, 1.165) is 22.1 Å². The Morgan fingerprint density at radius 1 is 1.11 bits per heavy atom. The fraction of sp³-hybridized carbons (Fsp3) is 0.391. The zero-order chi connectivity index (χ0) is 19.8. The second-order valence-electron chi connectivity index (χ2n) is 8.12. The van der Waals surface area contributed by atoms with Crippen molar-refractivity contribution >= 4 is 33.4 Å². The van der Waals surface area contributed by atoms with Gasteiger partial charge in [-0.1, -0.05) is 54.0 Å². The maximum absolute atomic E-state index is 13.6. The topological polar surface area (TPSA) is 40.6 Å². The lowest BCUT2D eigenvalue weighted by Crippen LogP contribution is -2.53. The molecule has 2 heterocycles. The van der Waals surface area contributed by atoms with Crippen LogP contribution in [0.2, 0.25) is 0 Å². The van der Waals surface area contributed by atoms with Crippen molar-refractivity contribution in [3.8, 4) is 0 Å². The molecule has 0 radical (unpaired) electrons. The maximum atomic E-state index is 13.6. The van der Waals surface area contributed by atoms with Gasteiger partial charge in [0.1, 0.15) is 6.04 Å². The molecule has 4 rings (SSSR count). The normalized spacial score (nSPS) is 18.2. The van der Waals surface area contributed by atoms with E-state index in [0.29, 0.717) is 25.9 Å². The van der Waals surface area contributed by atoms with E-state index in [9.17, 15) is 9.59 Å². The third kappa shape index (κ3) is 3.60. The van der Waals surface area contributed by atoms with E-state index < -0.39 is 6.04 Å². The number of anilines is 1. The van der Waals surface area contributed by atoms with Gasteiger partial charge in [0.2, 0.25) is 11.8 Å². The Morgan fingerprint density at radius 2 is 1.86 bits per heavy atom. The highest BCUT2D eigenvalue weighted by molar-refractivity contribution is 9.10. The number of fused-ring (bicyclic) bond motifs is 2. The smallest absolute Gasteiger partial charge is 0.250 e. The van der Waals surface area contributed by atoms with Gasteiger partial charge in [-0.3, -0.25) is 9.59 Å². The Labute approximate surface area is 174 Å². The van der Waals surface area contributed by atoms with Crippen LogP contribution in [0.25, 0.3) is 0 Å². The third-order valence-corrected chi connectivity index (χ3v) is 6.13. The van der Waals surface area contributed by atoms with E-state index in [1.165, 1.54) is 11.1 Å². The van der Waals surface area contributed by atoms with E-state index in [1.807, 2.05) is 47.9 Å². The molecule has 2 amide bonds. The van der Waals surface area contributed by atoms with Gasteiger partial charge in [-0.15, -0.1) is 0 Å². The number of carbonyl (C=O) groups is 2. The summed E-state index contributed by atoms with van der Waals surface area (Å²) in [6, 6.07) is 13.8. The zero-order valence-corrected chi connectivity index (χ0v) is 17.9. The van der Waals surface area contributed by atoms with Crippen molar-refractivity contribution in [2.24, 2.45) is 5.92 Å². The molecule has 0 aromatic heterocycles. The van der Waals surface area contributed by atoms with E-state index in [2.05, 4.69) is 34.1 Å². The van der Waals surface area contributed by atoms with Gasteiger partial charge in [0.25, 0.3) is 0 Å². The fourth-order valence-corrected chi connectivity index (χ4v) is 4.66. The van der Waals surface area contributed by atoms with Gasteiger partial charge < -0.3 is 9.80 Å². The predicted molar refractivity (Wildman–Crippen MR) is 114 cm³/mol. The Bertz CT molecular complexity index is 925. The summed E-state index contributed by atoms with van der Waals surface area (Å²) in [5.41, 5.74) is 4.47. The summed E-state index contributed by atoms with van der Waals surface area (Å²) in [6.45, 7) is 5.27. The molecule has 4 nitrogen and oxygen atoms in total. The summed E-state index contributed by atoms with van der Waals surface area (Å²) >= 11 is 3.51. The summed E-state index contributed by atoms with van der Waals surface area (Å²) in [5.74, 6) is 0.371. The van der Waals surface area contributed by atoms with E-state index >= 15 is 0 Å². The summed E-state index contributed by atoms with van der Waals surface area (Å²) in [7, 11) is 0. The van der Waals surface area contributed by atoms with Crippen molar-refractivity contribution < 1.29 is 9.59 Å². The minimum absolute atomic E-state index is 0.0349. The van der Waals surface area contributed by atoms with E-state index in [-0.39, 0.29) is 17.7 Å². The first-order chi connectivity index (χ1) is 13.4. The number of amides is 2. The molecule has 5 heteroatoms. The van der Waals surface area contributed by atoms with Crippen LogP contribution in [0.5, 0.6) is 0 Å². The second-order valence-corrected chi connectivity index (χ2v) is 9.04. The highest BCUT2D eigenvalue weighted by Crippen LogP contribution is 2.33. The average Bonchev–Trinajstić information content (AvgIpc) is 3.08. The van der Waals surface area contributed by atoms with Crippen LogP contribution in [0.15, 0.2) is 46.9 Å². The molecule has 28 heavy (non-hydrogen) atoms. The van der Waals surface area contributed by atoms with Crippen molar-refractivity contribution in [2.45, 2.75) is 45.7 Å². The molecular weight excluding hydrogens is 416 g/mol. The van der Waals surface area contributed by atoms with Crippen LogP contribution in [0.1, 0.15) is 37.0 Å². The number of hydrogen-bond acceptors (Lipinski definition) is 2. The molecule has 2 aliphatic heterocycles. The SMILES string of the molecule is CC(C)CC(=O)N1Cc2ccccc2CC1C(=O)N1CCc2cc(Br)ccc21. The van der Waals surface area contributed by atoms with Gasteiger partial charge in [0.15, 0.2) is 0 Å². The molecule has 1 atom stereocenters. The Hall–Kier alpha value is -2.14. The van der Waals surface area contributed by atoms with Crippen molar-refractivity contribution in [3.05, 3.63) is 63.6 Å². The molecule has 0 fully saturated rings. The lowest BCUT2D eigenvalue weighted by molar-refractivity contribution is -0.141. The standard InChI is InChI=1S/C23H25BrN2O2/c1-15(2)11-22(27)26-14-18-6-4-3-5-16(18)13-21(26)23(28)25-10-9-17-12-19(24)7-8-20(17)25/h3-8,12,15,21H,9-11,13-14H2,1-2H3. The molecule has 0 N–H and O–H groups in total. The third-order valence-electron chi connectivity index (χ3n) is 5.64. The minimum Gasteiger partial charge on any atom is -0.326 e. The van der Waals surface area contributed by atoms with Gasteiger partial charge in [-0.05, 0) is 47.2 Å². The number of halogens is 1. The minimum atomic E-state index is -0.434. The number of rotatable bonds is 3. The Kier molecular flexibility index (Phi) is 5.28. The summed E-state index contributed by atoms with van der Waals surface area (Å²) in [4.78, 5) is 30.2. The van der Waals surface area contributed by atoms with Crippen LogP contribution in [0, 0.1) is 5.92 Å². The quantitative estimate of drug-likeness (QED) is 0.711. The van der Waals surface area contributed by atoms with Gasteiger partial charge in [-0.25, -0.2) is 0 Å². The van der Waals surface area contributed by atoms with Crippen LogP contribution in [0.4, 0.5) is 5.69 Å². The second kappa shape index (κ2) is 7.70. The van der Waals surface area contributed by atoms with E-state index in [1.54, 1.807) is 0 Å². The van der Waals surface area contributed by atoms with Crippen LogP contribution >= 0.6 is 15.9 Å². The fourth-order valence-electron chi connectivity index (χ4n) is 4.25. The van der Waals surface area contributed by atoms with Gasteiger partial charge in [0, 0.05) is 36.1 Å². The highest BCUT2D eigenvalue weighted by atomic mass is 79.9. The molecular formula is C23H25BrN2O2. The van der Waals surface area contributed by atoms with Crippen molar-refractivity contribution in [1.82, 2.24) is 4.90 Å². The number of hydrogen-bond donors (Lipinski definition) is 0. The molecule has 2 aliphatic rings. The van der Waals surface area contributed by atoms with Gasteiger partial charge >= 0.3 is 0 Å². The van der Waals surface area contributed by atoms with Crippen LogP contribution in [-0.2, 0) is 29.0 Å². The van der Waals surface area contributed by atoms with Crippen molar-refractivity contribution in [2.75, 3.05) is 11.4 Å². The van der Waals surface area contributed by atoms with Gasteiger partial charge in [0.05, 0.1) is 0 Å². The summed E-state index contributed by atoms with van der Waals surface area (Å²) in [6.07, 6.45) is 1.90. The molecule has 0 saturated carbocycles. The Balaban J connectivity index is 1.66. The van der Waals surface area contributed by atoms with Crippen LogP contribution in [0.3, 0.4) is 0 Å². The van der Waals surface area contributed by atoms with Gasteiger partial charge in [-0.2, -0.15) is 0 Å². The number of benzene rings is 2. The first-order valence-electron chi connectivity index (χ1n) is 9.90. The van der Waals surface area contributed by atoms with Crippen LogP contribution in [-0.4, -0.2) is 29.3 Å². The van der Waals surface area contributed by atoms with Crippen LogP contribution < -0.4 is 4.90 Å². The molecule has 0 bridgehead atoms. The Morgan fingerprint density at radius 3 is 2.61 bits per heavy atom. The maximum Gasteiger partial charge on any atom is 0.250 e. The first-order valence-corrected chi connectivity index (χ1v) is 10.7. The monoisotopic (exact) mass is 440 g/mol. The molecule has 2 aromatic carbocycles. The molecule has 2 aromatic rings. The summed E-state index contributed by atoms with van der Waals surface area (Å²) in [5, 5.41) is 0.